The summed E-state index contributed by atoms with van der Waals surface area (Å²) in [5, 5.41) is 26.2. The van der Waals surface area contributed by atoms with Crippen LogP contribution in [0, 0.1) is 0 Å². The second-order valence-corrected chi connectivity index (χ2v) is 10.4. The number of benzene rings is 1. The van der Waals surface area contributed by atoms with Gasteiger partial charge in [-0.15, -0.1) is 11.3 Å². The largest absolute Gasteiger partial charge is 0.504 e. The molecule has 4 aromatic rings. The fraction of sp³-hybridized carbons (Fsp3) is 0.333. The number of nitrogens with zero attached hydrogens (tertiary/aromatic N) is 5. The van der Waals surface area contributed by atoms with Crippen LogP contribution in [0.25, 0.3) is 11.3 Å². The second-order valence-electron chi connectivity index (χ2n) is 7.35. The van der Waals surface area contributed by atoms with E-state index in [4.69, 9.17) is 4.63 Å². The highest BCUT2D eigenvalue weighted by atomic mass is 32.2. The topological polar surface area (TPSA) is 146 Å². The Morgan fingerprint density at radius 1 is 1.06 bits per heavy atom. The number of fused-ring (bicyclic) bond motifs is 1. The van der Waals surface area contributed by atoms with Crippen molar-refractivity contribution in [3.05, 3.63) is 41.3 Å². The van der Waals surface area contributed by atoms with Crippen LogP contribution in [-0.4, -0.2) is 51.2 Å². The number of nitrogens with one attached hydrogen (secondary N) is 2. The number of sulfonamides is 1. The molecule has 0 fully saturated rings. The van der Waals surface area contributed by atoms with Crippen molar-refractivity contribution in [1.29, 1.82) is 0 Å². The van der Waals surface area contributed by atoms with Crippen LogP contribution in [0.2, 0.25) is 0 Å². The van der Waals surface area contributed by atoms with Gasteiger partial charge in [0, 0.05) is 18.5 Å². The van der Waals surface area contributed by atoms with Crippen LogP contribution >= 0.6 is 11.3 Å². The fourth-order valence-corrected chi connectivity index (χ4v) is 6.34. The maximum atomic E-state index is 12.9. The van der Waals surface area contributed by atoms with Gasteiger partial charge in [-0.25, -0.2) is 23.0 Å². The molecule has 0 spiro atoms. The molecule has 0 bridgehead atoms. The van der Waals surface area contributed by atoms with Gasteiger partial charge in [0.15, 0.2) is 21.6 Å². The predicted octanol–water partition coefficient (Wildman–Crippen LogP) is 4.12. The quantitative estimate of drug-likeness (QED) is 0.289. The number of aromatic hydroxyl groups is 1. The van der Waals surface area contributed by atoms with E-state index in [0.717, 1.165) is 23.3 Å². The summed E-state index contributed by atoms with van der Waals surface area (Å²) in [5.74, 6) is 0.230. The monoisotopic (exact) mass is 503 g/mol. The normalized spacial score (nSPS) is 12.8. The summed E-state index contributed by atoms with van der Waals surface area (Å²) >= 11 is 0.931. The minimum absolute atomic E-state index is 0.0805. The number of anilines is 3. The lowest BCUT2D eigenvalue weighted by atomic mass is 10.0. The number of thiophene rings is 1. The Hall–Kier alpha value is -3.29. The van der Waals surface area contributed by atoms with Crippen molar-refractivity contribution >= 4 is 50.0 Å². The van der Waals surface area contributed by atoms with Gasteiger partial charge in [0.2, 0.25) is 11.3 Å². The Kier molecular flexibility index (Phi) is 6.95. The highest BCUT2D eigenvalue weighted by Crippen LogP contribution is 2.41. The van der Waals surface area contributed by atoms with E-state index in [0.29, 0.717) is 18.9 Å². The van der Waals surface area contributed by atoms with Crippen molar-refractivity contribution in [1.82, 2.24) is 24.6 Å². The minimum Gasteiger partial charge on any atom is -0.504 e. The van der Waals surface area contributed by atoms with E-state index in [9.17, 15) is 13.5 Å². The van der Waals surface area contributed by atoms with Crippen LogP contribution in [0.4, 0.5) is 17.3 Å². The van der Waals surface area contributed by atoms with Gasteiger partial charge in [0.1, 0.15) is 0 Å². The lowest BCUT2D eigenvalue weighted by Crippen LogP contribution is -2.30. The van der Waals surface area contributed by atoms with Crippen LogP contribution < -0.4 is 10.6 Å². The molecule has 1 aromatic carbocycles. The standard InChI is InChI=1S/C21H25N7O4S2/c1-4-14(13-10-8-7-9-11-13)22-17-18(25-20-19(24-17)26-32-27-20)23-15-12-33-21(16(15)29)34(30,31)28(5-2)6-3/h7-12,14,29H,4-6H2,1-3H3,(H,22,24,26)(H,23,25,27)/t14-/m1/s1. The summed E-state index contributed by atoms with van der Waals surface area (Å²) < 4.78 is 31.7. The molecule has 0 saturated heterocycles. The molecule has 11 nitrogen and oxygen atoms in total. The molecule has 0 aliphatic carbocycles. The van der Waals surface area contributed by atoms with E-state index in [1.165, 1.54) is 9.69 Å². The fourth-order valence-electron chi connectivity index (χ4n) is 3.51. The summed E-state index contributed by atoms with van der Waals surface area (Å²) in [7, 11) is -3.83. The van der Waals surface area contributed by atoms with E-state index in [-0.39, 0.29) is 38.8 Å². The lowest BCUT2D eigenvalue weighted by molar-refractivity contribution is 0.314. The van der Waals surface area contributed by atoms with E-state index in [1.54, 1.807) is 13.8 Å². The van der Waals surface area contributed by atoms with Gasteiger partial charge in [0.25, 0.3) is 10.0 Å². The zero-order valence-corrected chi connectivity index (χ0v) is 20.5. The summed E-state index contributed by atoms with van der Waals surface area (Å²) in [5.41, 5.74) is 1.64. The van der Waals surface area contributed by atoms with Crippen LogP contribution in [0.5, 0.6) is 5.75 Å². The second kappa shape index (κ2) is 9.91. The zero-order chi connectivity index (χ0) is 24.3. The molecule has 0 unspecified atom stereocenters. The molecule has 34 heavy (non-hydrogen) atoms. The highest BCUT2D eigenvalue weighted by Gasteiger charge is 2.29. The molecule has 0 aliphatic heterocycles. The van der Waals surface area contributed by atoms with Crippen molar-refractivity contribution < 1.29 is 18.2 Å². The highest BCUT2D eigenvalue weighted by molar-refractivity contribution is 7.91. The molecule has 4 rings (SSSR count). The molecule has 0 radical (unpaired) electrons. The molecular formula is C21H25N7O4S2. The van der Waals surface area contributed by atoms with Gasteiger partial charge >= 0.3 is 0 Å². The average molecular weight is 504 g/mol. The molecule has 3 heterocycles. The van der Waals surface area contributed by atoms with Crippen molar-refractivity contribution in [2.24, 2.45) is 0 Å². The molecule has 0 saturated carbocycles. The lowest BCUT2D eigenvalue weighted by Gasteiger charge is -2.20. The van der Waals surface area contributed by atoms with Crippen LogP contribution in [0.15, 0.2) is 44.6 Å². The van der Waals surface area contributed by atoms with Crippen molar-refractivity contribution in [2.75, 3.05) is 23.7 Å². The van der Waals surface area contributed by atoms with Gasteiger partial charge in [-0.3, -0.25) is 0 Å². The SMILES string of the molecule is CC[C@@H](Nc1nc2nonc2nc1Nc1csc(S(=O)(=O)N(CC)CC)c1O)c1ccccc1. The Labute approximate surface area is 200 Å². The average Bonchev–Trinajstić information content (AvgIpc) is 3.45. The summed E-state index contributed by atoms with van der Waals surface area (Å²) in [6, 6.07) is 9.79. The Bertz CT molecular complexity index is 1370. The molecule has 0 aliphatic rings. The van der Waals surface area contributed by atoms with Gasteiger partial charge in [-0.2, -0.15) is 4.31 Å². The zero-order valence-electron chi connectivity index (χ0n) is 18.9. The maximum Gasteiger partial charge on any atom is 0.256 e. The van der Waals surface area contributed by atoms with E-state index in [1.807, 2.05) is 37.3 Å². The molecule has 3 N–H and O–H groups in total. The Balaban J connectivity index is 1.71. The molecule has 1 atom stereocenters. The third kappa shape index (κ3) is 4.54. The first-order valence-corrected chi connectivity index (χ1v) is 13.1. The summed E-state index contributed by atoms with van der Waals surface area (Å²) in [6.45, 7) is 6.13. The van der Waals surface area contributed by atoms with E-state index in [2.05, 4.69) is 30.9 Å². The van der Waals surface area contributed by atoms with Crippen LogP contribution in [0.3, 0.4) is 0 Å². The van der Waals surface area contributed by atoms with Crippen molar-refractivity contribution in [3.63, 3.8) is 0 Å². The third-order valence-electron chi connectivity index (χ3n) is 5.30. The number of aromatic nitrogens is 4. The summed E-state index contributed by atoms with van der Waals surface area (Å²) in [6.07, 6.45) is 0.760. The third-order valence-corrected chi connectivity index (χ3v) is 8.84. The molecule has 13 heteroatoms. The number of hydrogen-bond donors (Lipinski definition) is 3. The van der Waals surface area contributed by atoms with Gasteiger partial charge in [-0.1, -0.05) is 51.1 Å². The first kappa shape index (κ1) is 23.9. The van der Waals surface area contributed by atoms with Crippen LogP contribution in [-0.2, 0) is 10.0 Å². The Morgan fingerprint density at radius 3 is 2.32 bits per heavy atom. The molecule has 3 aromatic heterocycles. The minimum atomic E-state index is -3.83. The molecule has 180 valence electrons. The summed E-state index contributed by atoms with van der Waals surface area (Å²) in [4.78, 5) is 8.90. The number of hydrogen-bond acceptors (Lipinski definition) is 11. The maximum absolute atomic E-state index is 12.9. The van der Waals surface area contributed by atoms with Crippen molar-refractivity contribution in [3.8, 4) is 5.75 Å². The van der Waals surface area contributed by atoms with E-state index >= 15 is 0 Å². The smallest absolute Gasteiger partial charge is 0.256 e. The van der Waals surface area contributed by atoms with Crippen LogP contribution in [0.1, 0.15) is 38.8 Å². The first-order chi connectivity index (χ1) is 16.4. The van der Waals surface area contributed by atoms with E-state index < -0.39 is 10.0 Å². The molecule has 0 amide bonds. The van der Waals surface area contributed by atoms with Gasteiger partial charge in [-0.05, 0) is 22.3 Å². The predicted molar refractivity (Wildman–Crippen MR) is 130 cm³/mol. The Morgan fingerprint density at radius 2 is 1.71 bits per heavy atom. The first-order valence-electron chi connectivity index (χ1n) is 10.8. The van der Waals surface area contributed by atoms with Gasteiger partial charge < -0.3 is 15.7 Å². The van der Waals surface area contributed by atoms with Gasteiger partial charge in [0.05, 0.1) is 11.7 Å². The molecular weight excluding hydrogens is 478 g/mol. The van der Waals surface area contributed by atoms with Crippen molar-refractivity contribution in [2.45, 2.75) is 37.4 Å². The number of rotatable bonds is 10.